The van der Waals surface area contributed by atoms with Crippen LogP contribution in [0.3, 0.4) is 0 Å². The maximum atomic E-state index is 12.6. The minimum absolute atomic E-state index is 0.191. The van der Waals surface area contributed by atoms with Crippen molar-refractivity contribution in [1.82, 2.24) is 4.31 Å². The van der Waals surface area contributed by atoms with Crippen molar-refractivity contribution in [2.75, 3.05) is 6.54 Å². The Kier molecular flexibility index (Phi) is 3.93. The van der Waals surface area contributed by atoms with Crippen LogP contribution in [0.1, 0.15) is 32.3 Å². The van der Waals surface area contributed by atoms with E-state index in [0.29, 0.717) is 17.1 Å². The zero-order valence-corrected chi connectivity index (χ0v) is 12.6. The SMILES string of the molecule is CC1(C)CCCN1S(=O)(=O)c1ccc(Cl)c(CO)c1. The lowest BCUT2D eigenvalue weighted by Crippen LogP contribution is -2.42. The Labute approximate surface area is 119 Å². The van der Waals surface area contributed by atoms with E-state index in [1.807, 2.05) is 13.8 Å². The molecule has 1 N–H and O–H groups in total. The number of rotatable bonds is 3. The Hall–Kier alpha value is -0.620. The lowest BCUT2D eigenvalue weighted by atomic mass is 10.0. The summed E-state index contributed by atoms with van der Waals surface area (Å²) in [6, 6.07) is 4.46. The Morgan fingerprint density at radius 2 is 2.11 bits per heavy atom. The van der Waals surface area contributed by atoms with Crippen molar-refractivity contribution >= 4 is 21.6 Å². The summed E-state index contributed by atoms with van der Waals surface area (Å²) in [5, 5.41) is 9.56. The summed E-state index contributed by atoms with van der Waals surface area (Å²) in [6.07, 6.45) is 1.72. The fourth-order valence-electron chi connectivity index (χ4n) is 2.49. The van der Waals surface area contributed by atoms with Gasteiger partial charge in [0.1, 0.15) is 0 Å². The molecule has 1 saturated heterocycles. The van der Waals surface area contributed by atoms with E-state index in [1.54, 1.807) is 0 Å². The number of hydrogen-bond donors (Lipinski definition) is 1. The van der Waals surface area contributed by atoms with Crippen LogP contribution in [-0.4, -0.2) is 29.9 Å². The van der Waals surface area contributed by atoms with Gasteiger partial charge in [0.25, 0.3) is 0 Å². The summed E-state index contributed by atoms with van der Waals surface area (Å²) in [5.41, 5.74) is 0.0671. The fourth-order valence-corrected chi connectivity index (χ4v) is 4.56. The molecule has 1 heterocycles. The van der Waals surface area contributed by atoms with E-state index in [2.05, 4.69) is 0 Å². The third kappa shape index (κ3) is 2.65. The number of benzene rings is 1. The van der Waals surface area contributed by atoms with Crippen molar-refractivity contribution in [3.63, 3.8) is 0 Å². The average molecular weight is 304 g/mol. The molecule has 0 saturated carbocycles. The smallest absolute Gasteiger partial charge is 0.243 e. The maximum Gasteiger partial charge on any atom is 0.243 e. The molecule has 1 aliphatic heterocycles. The standard InChI is InChI=1S/C13H18ClNO3S/c1-13(2)6-3-7-15(13)19(17,18)11-4-5-12(14)10(8-11)9-16/h4-5,8,16H,3,6-7,9H2,1-2H3. The molecule has 0 aromatic heterocycles. The molecule has 106 valence electrons. The highest BCUT2D eigenvalue weighted by atomic mass is 35.5. The van der Waals surface area contributed by atoms with Crippen molar-refractivity contribution in [3.8, 4) is 0 Å². The first-order valence-electron chi connectivity index (χ1n) is 6.21. The number of nitrogens with zero attached hydrogens (tertiary/aromatic N) is 1. The molecule has 19 heavy (non-hydrogen) atoms. The van der Waals surface area contributed by atoms with Crippen molar-refractivity contribution < 1.29 is 13.5 Å². The van der Waals surface area contributed by atoms with Gasteiger partial charge in [0.2, 0.25) is 10.0 Å². The van der Waals surface area contributed by atoms with Gasteiger partial charge in [-0.2, -0.15) is 4.31 Å². The van der Waals surface area contributed by atoms with Crippen LogP contribution in [0.25, 0.3) is 0 Å². The molecule has 0 atom stereocenters. The molecule has 0 aliphatic carbocycles. The van der Waals surface area contributed by atoms with Gasteiger partial charge in [-0.15, -0.1) is 0 Å². The third-order valence-corrected chi connectivity index (χ3v) is 6.08. The zero-order valence-electron chi connectivity index (χ0n) is 11.1. The highest BCUT2D eigenvalue weighted by Gasteiger charge is 2.40. The van der Waals surface area contributed by atoms with Crippen molar-refractivity contribution in [2.24, 2.45) is 0 Å². The van der Waals surface area contributed by atoms with Crippen LogP contribution in [0, 0.1) is 0 Å². The number of aliphatic hydroxyl groups excluding tert-OH is 1. The van der Waals surface area contributed by atoms with Gasteiger partial charge >= 0.3 is 0 Å². The third-order valence-electron chi connectivity index (χ3n) is 3.60. The molecular formula is C13H18ClNO3S. The first-order valence-corrected chi connectivity index (χ1v) is 8.03. The predicted octanol–water partition coefficient (Wildman–Crippen LogP) is 2.40. The van der Waals surface area contributed by atoms with E-state index < -0.39 is 10.0 Å². The fraction of sp³-hybridized carbons (Fsp3) is 0.538. The Morgan fingerprint density at radius 3 is 2.63 bits per heavy atom. The van der Waals surface area contributed by atoms with Gasteiger partial charge in [-0.25, -0.2) is 8.42 Å². The number of sulfonamides is 1. The molecule has 0 bridgehead atoms. The first-order chi connectivity index (χ1) is 8.79. The van der Waals surface area contributed by atoms with Gasteiger partial charge in [-0.05, 0) is 50.5 Å². The normalized spacial score (nSPS) is 19.8. The second kappa shape index (κ2) is 5.05. The topological polar surface area (TPSA) is 57.6 Å². The van der Waals surface area contributed by atoms with Gasteiger partial charge in [0.15, 0.2) is 0 Å². The van der Waals surface area contributed by atoms with Crippen molar-refractivity contribution in [2.45, 2.75) is 43.7 Å². The molecule has 1 fully saturated rings. The largest absolute Gasteiger partial charge is 0.392 e. The van der Waals surface area contributed by atoms with Crippen LogP contribution in [-0.2, 0) is 16.6 Å². The second-order valence-electron chi connectivity index (χ2n) is 5.40. The summed E-state index contributed by atoms with van der Waals surface area (Å²) in [7, 11) is -3.53. The lowest BCUT2D eigenvalue weighted by molar-refractivity contribution is 0.281. The molecule has 1 aliphatic rings. The molecule has 1 aromatic rings. The van der Waals surface area contributed by atoms with Crippen LogP contribution in [0.4, 0.5) is 0 Å². The van der Waals surface area contributed by atoms with E-state index >= 15 is 0 Å². The van der Waals surface area contributed by atoms with Gasteiger partial charge in [0.05, 0.1) is 11.5 Å². The molecule has 4 nitrogen and oxygen atoms in total. The molecule has 0 unspecified atom stereocenters. The quantitative estimate of drug-likeness (QED) is 0.933. The summed E-state index contributed by atoms with van der Waals surface area (Å²) >= 11 is 5.89. The van der Waals surface area contributed by atoms with E-state index in [-0.39, 0.29) is 17.0 Å². The van der Waals surface area contributed by atoms with Gasteiger partial charge in [-0.1, -0.05) is 11.6 Å². The van der Waals surface area contributed by atoms with Gasteiger partial charge in [0, 0.05) is 17.1 Å². The van der Waals surface area contributed by atoms with Crippen LogP contribution in [0.5, 0.6) is 0 Å². The summed E-state index contributed by atoms with van der Waals surface area (Å²) < 4.78 is 26.8. The highest BCUT2D eigenvalue weighted by molar-refractivity contribution is 7.89. The Balaban J connectivity index is 2.45. The van der Waals surface area contributed by atoms with Crippen LogP contribution < -0.4 is 0 Å². The second-order valence-corrected chi connectivity index (χ2v) is 7.67. The Morgan fingerprint density at radius 1 is 1.42 bits per heavy atom. The van der Waals surface area contributed by atoms with Crippen LogP contribution in [0.2, 0.25) is 5.02 Å². The lowest BCUT2D eigenvalue weighted by Gasteiger charge is -2.30. The summed E-state index contributed by atoms with van der Waals surface area (Å²) in [5.74, 6) is 0. The summed E-state index contributed by atoms with van der Waals surface area (Å²) in [6.45, 7) is 4.12. The number of aliphatic hydroxyl groups is 1. The van der Waals surface area contributed by atoms with Crippen LogP contribution >= 0.6 is 11.6 Å². The monoisotopic (exact) mass is 303 g/mol. The average Bonchev–Trinajstić information content (AvgIpc) is 2.70. The van der Waals surface area contributed by atoms with Gasteiger partial charge < -0.3 is 5.11 Å². The van der Waals surface area contributed by atoms with E-state index in [0.717, 1.165) is 12.8 Å². The minimum Gasteiger partial charge on any atom is -0.392 e. The van der Waals surface area contributed by atoms with E-state index in [9.17, 15) is 13.5 Å². The molecule has 0 amide bonds. The summed E-state index contributed by atoms with van der Waals surface area (Å²) in [4.78, 5) is 0.191. The van der Waals surface area contributed by atoms with Crippen molar-refractivity contribution in [3.05, 3.63) is 28.8 Å². The highest BCUT2D eigenvalue weighted by Crippen LogP contribution is 2.34. The van der Waals surface area contributed by atoms with E-state index in [4.69, 9.17) is 11.6 Å². The molecule has 1 aromatic carbocycles. The predicted molar refractivity (Wildman–Crippen MR) is 74.6 cm³/mol. The zero-order chi connectivity index (χ0) is 14.3. The molecule has 2 rings (SSSR count). The van der Waals surface area contributed by atoms with Gasteiger partial charge in [-0.3, -0.25) is 0 Å². The van der Waals surface area contributed by atoms with E-state index in [1.165, 1.54) is 22.5 Å². The van der Waals surface area contributed by atoms with Crippen molar-refractivity contribution in [1.29, 1.82) is 0 Å². The number of halogens is 1. The Bertz CT molecular complexity index is 584. The molecule has 0 radical (unpaired) electrons. The molecule has 6 heteroatoms. The number of hydrogen-bond acceptors (Lipinski definition) is 3. The maximum absolute atomic E-state index is 12.6. The first kappa shape index (κ1) is 14.8. The van der Waals surface area contributed by atoms with Crippen LogP contribution in [0.15, 0.2) is 23.1 Å². The molecule has 0 spiro atoms. The minimum atomic E-state index is -3.53. The molecular weight excluding hydrogens is 286 g/mol.